The van der Waals surface area contributed by atoms with Crippen molar-refractivity contribution in [1.29, 1.82) is 0 Å². The predicted molar refractivity (Wildman–Crippen MR) is 241 cm³/mol. The van der Waals surface area contributed by atoms with Gasteiger partial charge in [0.05, 0.1) is 22.1 Å². The van der Waals surface area contributed by atoms with E-state index < -0.39 is 0 Å². The first-order chi connectivity index (χ1) is 28.7. The van der Waals surface area contributed by atoms with E-state index in [1.807, 2.05) is 12.1 Å². The van der Waals surface area contributed by atoms with Crippen LogP contribution in [-0.4, -0.2) is 9.13 Å². The number of fused-ring (bicyclic) bond motifs is 12. The maximum atomic E-state index is 6.57. The fourth-order valence-electron chi connectivity index (χ4n) is 9.41. The van der Waals surface area contributed by atoms with Crippen LogP contribution in [0.4, 0.5) is 0 Å². The summed E-state index contributed by atoms with van der Waals surface area (Å²) in [5.74, 6) is 0. The summed E-state index contributed by atoms with van der Waals surface area (Å²) in [7, 11) is 0. The zero-order valence-corrected chi connectivity index (χ0v) is 31.2. The van der Waals surface area contributed by atoms with Crippen molar-refractivity contribution in [2.24, 2.45) is 0 Å². The van der Waals surface area contributed by atoms with Crippen LogP contribution in [0.1, 0.15) is 0 Å². The number of furan rings is 2. The van der Waals surface area contributed by atoms with Crippen molar-refractivity contribution in [3.05, 3.63) is 194 Å². The molecule has 0 saturated carbocycles. The van der Waals surface area contributed by atoms with Gasteiger partial charge >= 0.3 is 0 Å². The highest BCUT2D eigenvalue weighted by molar-refractivity contribution is 6.20. The molecule has 13 rings (SSSR count). The molecule has 0 aliphatic carbocycles. The second-order valence-corrected chi connectivity index (χ2v) is 15.3. The Balaban J connectivity index is 1.06. The summed E-state index contributed by atoms with van der Waals surface area (Å²) in [6.07, 6.45) is 0. The van der Waals surface area contributed by atoms with Crippen LogP contribution in [0.2, 0.25) is 0 Å². The van der Waals surface area contributed by atoms with Crippen molar-refractivity contribution < 1.29 is 8.83 Å². The zero-order chi connectivity index (χ0) is 37.9. The van der Waals surface area contributed by atoms with Crippen LogP contribution in [0.3, 0.4) is 0 Å². The highest BCUT2D eigenvalue weighted by Crippen LogP contribution is 2.43. The molecule has 0 amide bonds. The molecular formula is C54H32N2O2. The molecule has 0 unspecified atom stereocenters. The van der Waals surface area contributed by atoms with Crippen molar-refractivity contribution in [2.45, 2.75) is 0 Å². The molecular weight excluding hydrogens is 709 g/mol. The normalized spacial score (nSPS) is 12.1. The van der Waals surface area contributed by atoms with Gasteiger partial charge in [-0.2, -0.15) is 0 Å². The first kappa shape index (κ1) is 31.4. The van der Waals surface area contributed by atoms with Crippen molar-refractivity contribution in [3.8, 4) is 33.6 Å². The van der Waals surface area contributed by atoms with Gasteiger partial charge in [-0.15, -0.1) is 0 Å². The van der Waals surface area contributed by atoms with Gasteiger partial charge in [0.25, 0.3) is 0 Å². The Labute approximate surface area is 332 Å². The first-order valence-electron chi connectivity index (χ1n) is 19.7. The van der Waals surface area contributed by atoms with Crippen LogP contribution >= 0.6 is 0 Å². The number of hydrogen-bond acceptors (Lipinski definition) is 2. The van der Waals surface area contributed by atoms with Gasteiger partial charge < -0.3 is 18.0 Å². The Morgan fingerprint density at radius 3 is 1.24 bits per heavy atom. The van der Waals surface area contributed by atoms with Gasteiger partial charge in [0.2, 0.25) is 0 Å². The van der Waals surface area contributed by atoms with E-state index in [2.05, 4.69) is 191 Å². The molecule has 0 fully saturated rings. The van der Waals surface area contributed by atoms with Crippen molar-refractivity contribution in [1.82, 2.24) is 9.13 Å². The van der Waals surface area contributed by atoms with Crippen LogP contribution in [0.25, 0.3) is 121 Å². The van der Waals surface area contributed by atoms with Gasteiger partial charge in [0.1, 0.15) is 22.3 Å². The minimum Gasteiger partial charge on any atom is -0.456 e. The van der Waals surface area contributed by atoms with E-state index in [1.165, 1.54) is 43.8 Å². The smallest absolute Gasteiger partial charge is 0.137 e. The third-order valence-corrected chi connectivity index (χ3v) is 12.1. The lowest BCUT2D eigenvalue weighted by molar-refractivity contribution is 0.669. The Morgan fingerprint density at radius 1 is 0.241 bits per heavy atom. The SMILES string of the molecule is c1ccc(-c2ccc3oc4cc5c(cc4c3c2)c2cc(-c3ccc4c(c3)c3cc6c(cc3n4-c3ccccc3)oc3ccccc36)ccc2n5-c2ccccc2)cc1. The molecule has 13 aromatic rings. The maximum absolute atomic E-state index is 6.57. The summed E-state index contributed by atoms with van der Waals surface area (Å²) in [5, 5.41) is 9.29. The average molecular weight is 741 g/mol. The van der Waals surface area contributed by atoms with Gasteiger partial charge in [0, 0.05) is 66.6 Å². The molecule has 0 atom stereocenters. The highest BCUT2D eigenvalue weighted by atomic mass is 16.3. The second-order valence-electron chi connectivity index (χ2n) is 15.3. The summed E-state index contributed by atoms with van der Waals surface area (Å²) < 4.78 is 17.7. The third-order valence-electron chi connectivity index (χ3n) is 12.1. The van der Waals surface area contributed by atoms with Gasteiger partial charge in [-0.25, -0.2) is 0 Å². The zero-order valence-electron chi connectivity index (χ0n) is 31.2. The molecule has 58 heavy (non-hydrogen) atoms. The monoisotopic (exact) mass is 740 g/mol. The number of aromatic nitrogens is 2. The minimum absolute atomic E-state index is 0.882. The van der Waals surface area contributed by atoms with Gasteiger partial charge in [-0.3, -0.25) is 0 Å². The Kier molecular flexibility index (Phi) is 6.41. The van der Waals surface area contributed by atoms with Crippen molar-refractivity contribution in [2.75, 3.05) is 0 Å². The number of rotatable bonds is 4. The average Bonchev–Trinajstić information content (AvgIpc) is 4.02. The summed E-state index contributed by atoms with van der Waals surface area (Å²) in [5.41, 5.74) is 15.1. The Morgan fingerprint density at radius 2 is 0.655 bits per heavy atom. The summed E-state index contributed by atoms with van der Waals surface area (Å²) in [4.78, 5) is 0. The number of para-hydroxylation sites is 3. The largest absolute Gasteiger partial charge is 0.456 e. The third kappa shape index (κ3) is 4.51. The fraction of sp³-hybridized carbons (Fsp3) is 0. The molecule has 270 valence electrons. The first-order valence-corrected chi connectivity index (χ1v) is 19.7. The molecule has 0 spiro atoms. The molecule has 0 radical (unpaired) electrons. The molecule has 0 N–H and O–H groups in total. The van der Waals surface area contributed by atoms with Crippen LogP contribution in [-0.2, 0) is 0 Å². The maximum Gasteiger partial charge on any atom is 0.137 e. The van der Waals surface area contributed by atoms with E-state index in [-0.39, 0.29) is 0 Å². The van der Waals surface area contributed by atoms with Crippen LogP contribution < -0.4 is 0 Å². The lowest BCUT2D eigenvalue weighted by Gasteiger charge is -2.09. The molecule has 4 nitrogen and oxygen atoms in total. The number of benzene rings is 9. The topological polar surface area (TPSA) is 36.1 Å². The van der Waals surface area contributed by atoms with Crippen LogP contribution in [0.5, 0.6) is 0 Å². The molecule has 0 saturated heterocycles. The fourth-order valence-corrected chi connectivity index (χ4v) is 9.41. The van der Waals surface area contributed by atoms with Gasteiger partial charge in [-0.1, -0.05) is 103 Å². The summed E-state index contributed by atoms with van der Waals surface area (Å²) in [6, 6.07) is 69.6. The van der Waals surface area contributed by atoms with E-state index in [0.29, 0.717) is 0 Å². The van der Waals surface area contributed by atoms with E-state index in [1.54, 1.807) is 0 Å². The quantitative estimate of drug-likeness (QED) is 0.180. The molecule has 4 heteroatoms. The highest BCUT2D eigenvalue weighted by Gasteiger charge is 2.20. The van der Waals surface area contributed by atoms with Gasteiger partial charge in [-0.05, 0) is 101 Å². The lowest BCUT2D eigenvalue weighted by atomic mass is 9.99. The lowest BCUT2D eigenvalue weighted by Crippen LogP contribution is -1.93. The van der Waals surface area contributed by atoms with Crippen molar-refractivity contribution >= 4 is 87.5 Å². The molecule has 0 bridgehead atoms. The number of nitrogens with zero attached hydrogens (tertiary/aromatic N) is 2. The Hall–Kier alpha value is -7.82. The predicted octanol–water partition coefficient (Wildman–Crippen LogP) is 15.0. The van der Waals surface area contributed by atoms with Crippen LogP contribution in [0.15, 0.2) is 203 Å². The summed E-state index contributed by atoms with van der Waals surface area (Å²) >= 11 is 0. The summed E-state index contributed by atoms with van der Waals surface area (Å²) in [6.45, 7) is 0. The van der Waals surface area contributed by atoms with E-state index in [0.717, 1.165) is 77.3 Å². The van der Waals surface area contributed by atoms with Gasteiger partial charge in [0.15, 0.2) is 0 Å². The van der Waals surface area contributed by atoms with E-state index in [4.69, 9.17) is 8.83 Å². The van der Waals surface area contributed by atoms with Crippen LogP contribution in [0, 0.1) is 0 Å². The number of hydrogen-bond donors (Lipinski definition) is 0. The van der Waals surface area contributed by atoms with E-state index >= 15 is 0 Å². The van der Waals surface area contributed by atoms with E-state index in [9.17, 15) is 0 Å². The molecule has 4 heterocycles. The molecule has 0 aliphatic rings. The minimum atomic E-state index is 0.882. The van der Waals surface area contributed by atoms with Crippen molar-refractivity contribution in [3.63, 3.8) is 0 Å². The second kappa shape index (κ2) is 11.8. The molecule has 4 aromatic heterocycles. The molecule has 9 aromatic carbocycles. The molecule has 0 aliphatic heterocycles. The Bertz CT molecular complexity index is 3770. The standard InChI is InChI=1S/C54H32N2O2/c1-4-12-33(13-5-1)34-22-25-52-44(28-34)46-30-43-41-27-36(21-24-48(41)56(38-16-8-3-9-17-38)50(43)32-54(46)58-52)35-20-23-47-40(26-35)42-29-45-39-18-10-11-19-51(39)57-53(45)31-49(42)55(47)37-14-6-2-7-15-37/h1-32H.